The van der Waals surface area contributed by atoms with Gasteiger partial charge in [-0.25, -0.2) is 0 Å². The van der Waals surface area contributed by atoms with Gasteiger partial charge in [0.25, 0.3) is 0 Å². The number of carbonyl (C=O) groups is 1. The van der Waals surface area contributed by atoms with Crippen molar-refractivity contribution in [1.82, 2.24) is 0 Å². The smallest absolute Gasteiger partial charge is 0.404 e. The summed E-state index contributed by atoms with van der Waals surface area (Å²) in [6, 6.07) is 0. The van der Waals surface area contributed by atoms with E-state index >= 15 is 0 Å². The maximum Gasteiger partial charge on any atom is 0.404 e. The van der Waals surface area contributed by atoms with Crippen LogP contribution >= 0.6 is 0 Å². The highest BCUT2D eigenvalue weighted by Crippen LogP contribution is 2.26. The summed E-state index contributed by atoms with van der Waals surface area (Å²) in [4.78, 5) is 10.1. The number of ether oxygens (including phenoxy) is 1. The van der Waals surface area contributed by atoms with Crippen LogP contribution in [0.4, 0.5) is 13.2 Å². The normalized spacial score (nSPS) is 14.3. The molecule has 0 aliphatic rings. The van der Waals surface area contributed by atoms with Gasteiger partial charge >= 0.3 is 12.1 Å². The standard InChI is InChI=1S/C6H9F3O3/c1-2-12-3-4(5(10)11)6(7,8)9/h4H,2-3H2,1H3,(H,10,11). The van der Waals surface area contributed by atoms with Crippen molar-refractivity contribution in [2.75, 3.05) is 13.2 Å². The summed E-state index contributed by atoms with van der Waals surface area (Å²) in [6.45, 7) is 0.741. The van der Waals surface area contributed by atoms with E-state index in [0.29, 0.717) is 0 Å². The van der Waals surface area contributed by atoms with Crippen molar-refractivity contribution in [1.29, 1.82) is 0 Å². The fourth-order valence-corrected chi connectivity index (χ4v) is 0.541. The Morgan fingerprint density at radius 1 is 1.58 bits per heavy atom. The molecular formula is C6H9F3O3. The molecule has 0 saturated heterocycles. The van der Waals surface area contributed by atoms with Gasteiger partial charge in [-0.15, -0.1) is 0 Å². The molecule has 0 bridgehead atoms. The Hall–Kier alpha value is -0.780. The van der Waals surface area contributed by atoms with E-state index in [1.54, 1.807) is 0 Å². The molecule has 3 nitrogen and oxygen atoms in total. The molecule has 0 spiro atoms. The molecule has 0 saturated carbocycles. The van der Waals surface area contributed by atoms with Crippen LogP contribution in [0.2, 0.25) is 0 Å². The van der Waals surface area contributed by atoms with Crippen LogP contribution in [0.25, 0.3) is 0 Å². The van der Waals surface area contributed by atoms with Crippen LogP contribution in [0.5, 0.6) is 0 Å². The third-order valence-corrected chi connectivity index (χ3v) is 1.18. The second-order valence-corrected chi connectivity index (χ2v) is 2.09. The number of alkyl halides is 3. The topological polar surface area (TPSA) is 46.5 Å². The fourth-order valence-electron chi connectivity index (χ4n) is 0.541. The van der Waals surface area contributed by atoms with Crippen LogP contribution in [0.1, 0.15) is 6.92 Å². The molecule has 0 heterocycles. The van der Waals surface area contributed by atoms with E-state index in [9.17, 15) is 18.0 Å². The molecule has 1 N–H and O–H groups in total. The summed E-state index contributed by atoms with van der Waals surface area (Å²) in [5.74, 6) is -4.33. The molecule has 0 aromatic rings. The van der Waals surface area contributed by atoms with Crippen molar-refractivity contribution in [3.8, 4) is 0 Å². The second-order valence-electron chi connectivity index (χ2n) is 2.09. The average molecular weight is 186 g/mol. The Morgan fingerprint density at radius 3 is 2.33 bits per heavy atom. The molecule has 0 fully saturated rings. The van der Waals surface area contributed by atoms with Crippen LogP contribution in [0.15, 0.2) is 0 Å². The van der Waals surface area contributed by atoms with E-state index in [-0.39, 0.29) is 6.61 Å². The predicted octanol–water partition coefficient (Wildman–Crippen LogP) is 1.29. The molecule has 0 amide bonds. The van der Waals surface area contributed by atoms with Crippen LogP contribution in [0, 0.1) is 5.92 Å². The molecule has 6 heteroatoms. The third kappa shape index (κ3) is 3.56. The van der Waals surface area contributed by atoms with Gasteiger partial charge in [0.2, 0.25) is 0 Å². The Balaban J connectivity index is 4.15. The van der Waals surface area contributed by atoms with Gasteiger partial charge in [0.1, 0.15) is 0 Å². The van der Waals surface area contributed by atoms with Gasteiger partial charge in [0, 0.05) is 6.61 Å². The lowest BCUT2D eigenvalue weighted by atomic mass is 10.1. The molecule has 72 valence electrons. The number of carboxylic acids is 1. The van der Waals surface area contributed by atoms with Gasteiger partial charge in [0.15, 0.2) is 5.92 Å². The van der Waals surface area contributed by atoms with E-state index in [0.717, 1.165) is 0 Å². The average Bonchev–Trinajstić information content (AvgIpc) is 1.84. The maximum atomic E-state index is 11.8. The summed E-state index contributed by atoms with van der Waals surface area (Å²) in [6.07, 6.45) is -4.74. The van der Waals surface area contributed by atoms with Crippen LogP contribution in [-0.4, -0.2) is 30.5 Å². The highest BCUT2D eigenvalue weighted by atomic mass is 19.4. The largest absolute Gasteiger partial charge is 0.481 e. The summed E-state index contributed by atoms with van der Waals surface area (Å²) < 4.78 is 39.9. The number of hydrogen-bond acceptors (Lipinski definition) is 2. The van der Waals surface area contributed by atoms with Gasteiger partial charge in [-0.1, -0.05) is 0 Å². The molecule has 0 aromatic carbocycles. The van der Waals surface area contributed by atoms with Crippen molar-refractivity contribution in [2.45, 2.75) is 13.1 Å². The van der Waals surface area contributed by atoms with E-state index in [4.69, 9.17) is 5.11 Å². The zero-order chi connectivity index (χ0) is 9.78. The number of aliphatic carboxylic acids is 1. The van der Waals surface area contributed by atoms with E-state index in [2.05, 4.69) is 4.74 Å². The van der Waals surface area contributed by atoms with Gasteiger partial charge in [0.05, 0.1) is 6.61 Å². The Labute approximate surface area is 67.1 Å². The summed E-state index contributed by atoms with van der Waals surface area (Å²) >= 11 is 0. The molecule has 0 aliphatic heterocycles. The van der Waals surface area contributed by atoms with E-state index in [1.165, 1.54) is 6.92 Å². The lowest BCUT2D eigenvalue weighted by molar-refractivity contribution is -0.202. The first kappa shape index (κ1) is 11.2. The van der Waals surface area contributed by atoms with Crippen molar-refractivity contribution in [2.24, 2.45) is 5.92 Å². The summed E-state index contributed by atoms with van der Waals surface area (Å²) in [5.41, 5.74) is 0. The predicted molar refractivity (Wildman–Crippen MR) is 33.7 cm³/mol. The zero-order valence-electron chi connectivity index (χ0n) is 6.39. The Bertz CT molecular complexity index is 155. The first-order valence-corrected chi connectivity index (χ1v) is 3.26. The highest BCUT2D eigenvalue weighted by Gasteiger charge is 2.45. The number of carboxylic acid groups (broad SMARTS) is 1. The lowest BCUT2D eigenvalue weighted by Crippen LogP contribution is -2.34. The van der Waals surface area contributed by atoms with Crippen LogP contribution in [0.3, 0.4) is 0 Å². The Kier molecular flexibility index (Phi) is 4.02. The monoisotopic (exact) mass is 186 g/mol. The third-order valence-electron chi connectivity index (χ3n) is 1.18. The SMILES string of the molecule is CCOCC(C(=O)O)C(F)(F)F. The van der Waals surface area contributed by atoms with Gasteiger partial charge in [-0.3, -0.25) is 4.79 Å². The second kappa shape index (κ2) is 4.30. The first-order valence-electron chi connectivity index (χ1n) is 3.26. The molecule has 0 aromatic heterocycles. The van der Waals surface area contributed by atoms with Crippen molar-refractivity contribution in [3.63, 3.8) is 0 Å². The minimum atomic E-state index is -4.74. The Morgan fingerprint density at radius 2 is 2.08 bits per heavy atom. The maximum absolute atomic E-state index is 11.8. The molecular weight excluding hydrogens is 177 g/mol. The van der Waals surface area contributed by atoms with Crippen molar-refractivity contribution < 1.29 is 27.8 Å². The first-order chi connectivity index (χ1) is 5.39. The molecule has 0 radical (unpaired) electrons. The minimum Gasteiger partial charge on any atom is -0.481 e. The van der Waals surface area contributed by atoms with E-state index in [1.807, 2.05) is 0 Å². The molecule has 0 rings (SSSR count). The summed E-state index contributed by atoms with van der Waals surface area (Å²) in [5, 5.41) is 8.14. The van der Waals surface area contributed by atoms with E-state index < -0.39 is 24.7 Å². The van der Waals surface area contributed by atoms with Crippen molar-refractivity contribution in [3.05, 3.63) is 0 Å². The van der Waals surface area contributed by atoms with Gasteiger partial charge < -0.3 is 9.84 Å². The van der Waals surface area contributed by atoms with Crippen LogP contribution in [-0.2, 0) is 9.53 Å². The highest BCUT2D eigenvalue weighted by molar-refractivity contribution is 5.71. The number of rotatable bonds is 4. The number of hydrogen-bond donors (Lipinski definition) is 1. The van der Waals surface area contributed by atoms with Gasteiger partial charge in [-0.2, -0.15) is 13.2 Å². The quantitative estimate of drug-likeness (QED) is 0.719. The summed E-state index contributed by atoms with van der Waals surface area (Å²) in [7, 11) is 0. The lowest BCUT2D eigenvalue weighted by Gasteiger charge is -2.15. The van der Waals surface area contributed by atoms with Gasteiger partial charge in [-0.05, 0) is 6.92 Å². The molecule has 12 heavy (non-hydrogen) atoms. The zero-order valence-corrected chi connectivity index (χ0v) is 6.39. The molecule has 0 aliphatic carbocycles. The molecule has 1 atom stereocenters. The molecule has 1 unspecified atom stereocenters. The van der Waals surface area contributed by atoms with Crippen LogP contribution < -0.4 is 0 Å². The minimum absolute atomic E-state index is 0.0693. The number of halogens is 3. The fraction of sp³-hybridized carbons (Fsp3) is 0.833. The van der Waals surface area contributed by atoms with Crippen molar-refractivity contribution >= 4 is 5.97 Å².